The van der Waals surface area contributed by atoms with Gasteiger partial charge in [0, 0.05) is 41.5 Å². The number of carbonyl (C=O) groups is 2. The van der Waals surface area contributed by atoms with E-state index in [0.717, 1.165) is 36.2 Å². The van der Waals surface area contributed by atoms with Crippen molar-refractivity contribution in [2.24, 2.45) is 5.92 Å². The summed E-state index contributed by atoms with van der Waals surface area (Å²) >= 11 is 1.44. The first kappa shape index (κ1) is 24.4. The van der Waals surface area contributed by atoms with E-state index in [1.807, 2.05) is 30.3 Å². The standard InChI is InChI=1S/C25H25F3N4O3S/c1-35-20-7-6-15(11-17(20)25(26,27)28)29-24(34)31-19-13-32-9-8-16(19)18(12-32)30-23(33)22-10-14-4-2-3-5-21(14)36-22/h2-7,10-11,16,18-19H,8-9,12-13H2,1H3,(H,30,33)(H2,29,31,34)/t16?,18-,19?/m0/s1. The molecular weight excluding hydrogens is 493 g/mol. The lowest BCUT2D eigenvalue weighted by molar-refractivity contribution is -0.138. The van der Waals surface area contributed by atoms with Crippen molar-refractivity contribution in [3.05, 3.63) is 59.0 Å². The maximum absolute atomic E-state index is 13.3. The number of amides is 3. The lowest BCUT2D eigenvalue weighted by Crippen LogP contribution is -2.67. The van der Waals surface area contributed by atoms with E-state index in [1.165, 1.54) is 23.5 Å². The van der Waals surface area contributed by atoms with Gasteiger partial charge in [0.2, 0.25) is 0 Å². The smallest absolute Gasteiger partial charge is 0.420 e. The third kappa shape index (κ3) is 4.98. The third-order valence-corrected chi connectivity index (χ3v) is 7.88. The first-order valence-corrected chi connectivity index (χ1v) is 12.4. The van der Waals surface area contributed by atoms with Crippen LogP contribution >= 0.6 is 11.3 Å². The van der Waals surface area contributed by atoms with Crippen LogP contribution < -0.4 is 20.7 Å². The molecule has 3 fully saturated rings. The topological polar surface area (TPSA) is 82.7 Å². The van der Waals surface area contributed by atoms with Crippen LogP contribution in [-0.2, 0) is 6.18 Å². The number of thiophene rings is 1. The van der Waals surface area contributed by atoms with Crippen molar-refractivity contribution in [1.82, 2.24) is 15.5 Å². The van der Waals surface area contributed by atoms with Gasteiger partial charge in [0.1, 0.15) is 5.75 Å². The molecule has 3 unspecified atom stereocenters. The van der Waals surface area contributed by atoms with Gasteiger partial charge in [-0.15, -0.1) is 11.3 Å². The molecule has 3 aromatic rings. The summed E-state index contributed by atoms with van der Waals surface area (Å²) in [7, 11) is 1.16. The number of alkyl halides is 3. The number of fused-ring (bicyclic) bond motifs is 4. The van der Waals surface area contributed by atoms with E-state index in [0.29, 0.717) is 18.0 Å². The van der Waals surface area contributed by atoms with E-state index in [1.54, 1.807) is 0 Å². The van der Waals surface area contributed by atoms with Crippen LogP contribution in [0.15, 0.2) is 48.5 Å². The fourth-order valence-corrected chi connectivity index (χ4v) is 6.05. The van der Waals surface area contributed by atoms with Crippen LogP contribution in [0.2, 0.25) is 0 Å². The lowest BCUT2D eigenvalue weighted by atomic mass is 9.80. The number of nitrogens with one attached hydrogen (secondary N) is 3. The normalized spacial score (nSPS) is 23.3. The van der Waals surface area contributed by atoms with Gasteiger partial charge in [-0.05, 0) is 48.7 Å². The molecule has 3 saturated heterocycles. The zero-order valence-electron chi connectivity index (χ0n) is 19.4. The predicted molar refractivity (Wildman–Crippen MR) is 132 cm³/mol. The molecular formula is C25H25F3N4O3S. The number of ether oxygens (including phenoxy) is 1. The van der Waals surface area contributed by atoms with E-state index >= 15 is 0 Å². The quantitative estimate of drug-likeness (QED) is 0.463. The van der Waals surface area contributed by atoms with Crippen LogP contribution in [0.1, 0.15) is 21.7 Å². The Morgan fingerprint density at radius 1 is 1.06 bits per heavy atom. The third-order valence-electron chi connectivity index (χ3n) is 6.77. The Bertz CT molecular complexity index is 1260. The molecule has 4 atom stereocenters. The van der Waals surface area contributed by atoms with E-state index < -0.39 is 17.8 Å². The Labute approximate surface area is 209 Å². The molecule has 7 nitrogen and oxygen atoms in total. The largest absolute Gasteiger partial charge is 0.496 e. The van der Waals surface area contributed by atoms with Gasteiger partial charge >= 0.3 is 12.2 Å². The number of nitrogens with zero attached hydrogens (tertiary/aromatic N) is 1. The minimum absolute atomic E-state index is 0.0107. The van der Waals surface area contributed by atoms with Gasteiger partial charge in [0.05, 0.1) is 17.6 Å². The maximum atomic E-state index is 13.3. The Balaban J connectivity index is 1.24. The number of carbonyl (C=O) groups excluding carboxylic acids is 2. The fraction of sp³-hybridized carbons (Fsp3) is 0.360. The van der Waals surface area contributed by atoms with Crippen LogP contribution in [-0.4, -0.2) is 55.7 Å². The summed E-state index contributed by atoms with van der Waals surface area (Å²) in [5, 5.41) is 9.55. The summed E-state index contributed by atoms with van der Waals surface area (Å²) in [6.45, 7) is 2.17. The van der Waals surface area contributed by atoms with Gasteiger partial charge in [-0.25, -0.2) is 4.79 Å². The molecule has 3 aliphatic heterocycles. The first-order valence-electron chi connectivity index (χ1n) is 11.6. The van der Waals surface area contributed by atoms with Crippen molar-refractivity contribution >= 4 is 39.0 Å². The van der Waals surface area contributed by atoms with E-state index in [9.17, 15) is 22.8 Å². The average Bonchev–Trinajstić information content (AvgIpc) is 3.28. The molecule has 2 aromatic carbocycles. The summed E-state index contributed by atoms with van der Waals surface area (Å²) in [6.07, 6.45) is -3.82. The van der Waals surface area contributed by atoms with Gasteiger partial charge in [-0.2, -0.15) is 13.2 Å². The van der Waals surface area contributed by atoms with Crippen LogP contribution in [0.3, 0.4) is 0 Å². The van der Waals surface area contributed by atoms with Crippen molar-refractivity contribution in [2.75, 3.05) is 32.1 Å². The lowest BCUT2D eigenvalue weighted by Gasteiger charge is -2.49. The molecule has 0 spiro atoms. The molecule has 1 aromatic heterocycles. The molecule has 0 aliphatic carbocycles. The second-order valence-electron chi connectivity index (χ2n) is 9.06. The first-order chi connectivity index (χ1) is 17.2. The average molecular weight is 519 g/mol. The highest BCUT2D eigenvalue weighted by Gasteiger charge is 2.42. The van der Waals surface area contributed by atoms with Gasteiger partial charge in [-0.1, -0.05) is 18.2 Å². The molecule has 2 bridgehead atoms. The highest BCUT2D eigenvalue weighted by molar-refractivity contribution is 7.20. The highest BCUT2D eigenvalue weighted by atomic mass is 32.1. The molecule has 4 heterocycles. The summed E-state index contributed by atoms with van der Waals surface area (Å²) in [6, 6.07) is 12.1. The second kappa shape index (κ2) is 9.62. The van der Waals surface area contributed by atoms with E-state index in [2.05, 4.69) is 20.9 Å². The van der Waals surface area contributed by atoms with Crippen LogP contribution in [0.25, 0.3) is 10.1 Å². The van der Waals surface area contributed by atoms with Crippen LogP contribution in [0.5, 0.6) is 5.75 Å². The second-order valence-corrected chi connectivity index (χ2v) is 10.1. The van der Waals surface area contributed by atoms with E-state index in [-0.39, 0.29) is 35.3 Å². The van der Waals surface area contributed by atoms with Gasteiger partial charge in [0.25, 0.3) is 5.91 Å². The number of benzene rings is 2. The molecule has 3 amide bonds. The van der Waals surface area contributed by atoms with Gasteiger partial charge < -0.3 is 20.7 Å². The molecule has 190 valence electrons. The van der Waals surface area contributed by atoms with Crippen molar-refractivity contribution in [1.29, 1.82) is 0 Å². The summed E-state index contributed by atoms with van der Waals surface area (Å²) < 4.78 is 45.8. The molecule has 3 N–H and O–H groups in total. The number of halogens is 3. The molecule has 36 heavy (non-hydrogen) atoms. The summed E-state index contributed by atoms with van der Waals surface area (Å²) in [4.78, 5) is 28.5. The van der Waals surface area contributed by atoms with Crippen molar-refractivity contribution in [3.8, 4) is 5.75 Å². The SMILES string of the molecule is COc1ccc(NC(=O)NC2CN3CCC2[C@@H](NC(=O)c2cc4ccccc4s2)C3)cc1C(F)(F)F. The van der Waals surface area contributed by atoms with Crippen molar-refractivity contribution in [2.45, 2.75) is 24.7 Å². The molecule has 6 rings (SSSR count). The molecule has 0 saturated carbocycles. The molecule has 0 radical (unpaired) electrons. The minimum Gasteiger partial charge on any atom is -0.496 e. The monoisotopic (exact) mass is 518 g/mol. The Morgan fingerprint density at radius 3 is 2.50 bits per heavy atom. The molecule has 11 heteroatoms. The zero-order valence-corrected chi connectivity index (χ0v) is 20.2. The number of piperidine rings is 3. The number of methoxy groups -OCH3 is 1. The Kier molecular flexibility index (Phi) is 6.52. The fourth-order valence-electron chi connectivity index (χ4n) is 5.08. The number of hydrogen-bond acceptors (Lipinski definition) is 5. The number of hydrogen-bond donors (Lipinski definition) is 3. The maximum Gasteiger partial charge on any atom is 0.420 e. The highest BCUT2D eigenvalue weighted by Crippen LogP contribution is 2.38. The number of anilines is 1. The zero-order chi connectivity index (χ0) is 25.4. The predicted octanol–water partition coefficient (Wildman–Crippen LogP) is 4.55. The Hall–Kier alpha value is -3.31. The van der Waals surface area contributed by atoms with Gasteiger partial charge in [-0.3, -0.25) is 9.69 Å². The van der Waals surface area contributed by atoms with Crippen molar-refractivity contribution < 1.29 is 27.5 Å². The van der Waals surface area contributed by atoms with Crippen molar-refractivity contribution in [3.63, 3.8) is 0 Å². The molecule has 3 aliphatic rings. The minimum atomic E-state index is -4.62. The number of urea groups is 1. The van der Waals surface area contributed by atoms with E-state index in [4.69, 9.17) is 4.74 Å². The number of rotatable bonds is 5. The summed E-state index contributed by atoms with van der Waals surface area (Å²) in [5.41, 5.74) is -0.953. The Morgan fingerprint density at radius 2 is 1.81 bits per heavy atom. The van der Waals surface area contributed by atoms with Crippen LogP contribution in [0, 0.1) is 5.92 Å². The van der Waals surface area contributed by atoms with Crippen LogP contribution in [0.4, 0.5) is 23.7 Å². The summed E-state index contributed by atoms with van der Waals surface area (Å²) in [5.74, 6) is -0.445. The van der Waals surface area contributed by atoms with Gasteiger partial charge in [0.15, 0.2) is 0 Å².